The van der Waals surface area contributed by atoms with Crippen LogP contribution in [-0.2, 0) is 6.54 Å². The Labute approximate surface area is 122 Å². The molecule has 2 aromatic carbocycles. The normalized spacial score (nSPS) is 10.1. The van der Waals surface area contributed by atoms with Gasteiger partial charge in [0.2, 0.25) is 5.91 Å². The topological polar surface area (TPSA) is 64.3 Å². The van der Waals surface area contributed by atoms with Gasteiger partial charge in [-0.3, -0.25) is 4.79 Å². The van der Waals surface area contributed by atoms with Crippen molar-refractivity contribution in [2.75, 3.05) is 12.4 Å². The van der Waals surface area contributed by atoms with Crippen LogP contribution in [0.4, 0.5) is 5.69 Å². The van der Waals surface area contributed by atoms with Gasteiger partial charge in [0, 0.05) is 12.1 Å². The number of ether oxygens (including phenoxy) is 1. The monoisotopic (exact) mass is 290 g/mol. The van der Waals surface area contributed by atoms with E-state index in [1.165, 1.54) is 0 Å². The number of anilines is 1. The molecular weight excluding hydrogens is 276 g/mol. The van der Waals surface area contributed by atoms with Gasteiger partial charge >= 0.3 is 0 Å². The summed E-state index contributed by atoms with van der Waals surface area (Å²) in [4.78, 5) is 11.1. The Morgan fingerprint density at radius 1 is 1.25 bits per heavy atom. The zero-order valence-corrected chi connectivity index (χ0v) is 11.8. The molecule has 2 rings (SSSR count). The van der Waals surface area contributed by atoms with Crippen molar-refractivity contribution in [2.45, 2.75) is 6.54 Å². The van der Waals surface area contributed by atoms with E-state index >= 15 is 0 Å². The van der Waals surface area contributed by atoms with Crippen molar-refractivity contribution in [1.82, 2.24) is 0 Å². The largest absolute Gasteiger partial charge is 0.497 e. The van der Waals surface area contributed by atoms with Crippen molar-refractivity contribution < 1.29 is 9.53 Å². The first-order chi connectivity index (χ1) is 9.60. The van der Waals surface area contributed by atoms with Crippen molar-refractivity contribution in [2.24, 2.45) is 5.73 Å². The van der Waals surface area contributed by atoms with Crippen LogP contribution in [0, 0.1) is 0 Å². The van der Waals surface area contributed by atoms with E-state index in [0.29, 0.717) is 22.8 Å². The van der Waals surface area contributed by atoms with Gasteiger partial charge in [0.05, 0.1) is 17.8 Å². The summed E-state index contributed by atoms with van der Waals surface area (Å²) in [7, 11) is 1.63. The second kappa shape index (κ2) is 6.30. The third-order valence-electron chi connectivity index (χ3n) is 2.89. The van der Waals surface area contributed by atoms with E-state index in [9.17, 15) is 4.79 Å². The molecule has 3 N–H and O–H groups in total. The first-order valence-electron chi connectivity index (χ1n) is 6.06. The van der Waals surface area contributed by atoms with E-state index < -0.39 is 5.91 Å². The van der Waals surface area contributed by atoms with Crippen molar-refractivity contribution in [3.05, 3.63) is 58.6 Å². The van der Waals surface area contributed by atoms with E-state index in [-0.39, 0.29) is 0 Å². The van der Waals surface area contributed by atoms with E-state index in [1.54, 1.807) is 25.3 Å². The van der Waals surface area contributed by atoms with Gasteiger partial charge in [-0.15, -0.1) is 0 Å². The number of hydrogen-bond donors (Lipinski definition) is 2. The lowest BCUT2D eigenvalue weighted by Crippen LogP contribution is -2.11. The van der Waals surface area contributed by atoms with E-state index in [2.05, 4.69) is 5.32 Å². The number of methoxy groups -OCH3 is 1. The number of rotatable bonds is 5. The van der Waals surface area contributed by atoms with Gasteiger partial charge in [-0.25, -0.2) is 0 Å². The third kappa shape index (κ3) is 3.42. The van der Waals surface area contributed by atoms with Crippen LogP contribution in [-0.4, -0.2) is 13.0 Å². The summed E-state index contributed by atoms with van der Waals surface area (Å²) in [5.41, 5.74) is 7.43. The van der Waals surface area contributed by atoms with Crippen molar-refractivity contribution in [1.29, 1.82) is 0 Å². The number of nitrogens with one attached hydrogen (secondary N) is 1. The molecule has 0 fully saturated rings. The van der Waals surface area contributed by atoms with E-state index in [1.807, 2.05) is 24.3 Å². The lowest BCUT2D eigenvalue weighted by atomic mass is 10.1. The summed E-state index contributed by atoms with van der Waals surface area (Å²) in [5, 5.41) is 3.73. The van der Waals surface area contributed by atoms with Gasteiger partial charge in [0.15, 0.2) is 0 Å². The molecule has 0 saturated heterocycles. The molecule has 2 aromatic rings. The molecule has 0 unspecified atom stereocenters. The summed E-state index contributed by atoms with van der Waals surface area (Å²) in [6, 6.07) is 12.6. The number of halogens is 1. The molecule has 0 heterocycles. The molecule has 0 aliphatic heterocycles. The first-order valence-corrected chi connectivity index (χ1v) is 6.44. The molecule has 0 spiro atoms. The Hall–Kier alpha value is -2.20. The van der Waals surface area contributed by atoms with Crippen LogP contribution >= 0.6 is 11.6 Å². The van der Waals surface area contributed by atoms with Crippen molar-refractivity contribution in [3.63, 3.8) is 0 Å². The van der Waals surface area contributed by atoms with Crippen LogP contribution in [0.2, 0.25) is 5.02 Å². The highest BCUT2D eigenvalue weighted by atomic mass is 35.5. The van der Waals surface area contributed by atoms with Crippen LogP contribution in [0.15, 0.2) is 42.5 Å². The SMILES string of the molecule is COc1ccc(CNc2cc(C(N)=O)ccc2Cl)cc1. The number of carbonyl (C=O) groups excluding carboxylic acids is 1. The van der Waals surface area contributed by atoms with Crippen LogP contribution in [0.5, 0.6) is 5.75 Å². The lowest BCUT2D eigenvalue weighted by Gasteiger charge is -2.10. The fraction of sp³-hybridized carbons (Fsp3) is 0.133. The van der Waals surface area contributed by atoms with E-state index in [4.69, 9.17) is 22.1 Å². The van der Waals surface area contributed by atoms with E-state index in [0.717, 1.165) is 11.3 Å². The Bertz CT molecular complexity index is 612. The fourth-order valence-electron chi connectivity index (χ4n) is 1.75. The van der Waals surface area contributed by atoms with Crippen molar-refractivity contribution in [3.8, 4) is 5.75 Å². The highest BCUT2D eigenvalue weighted by Gasteiger charge is 2.05. The smallest absolute Gasteiger partial charge is 0.248 e. The number of benzene rings is 2. The minimum atomic E-state index is -0.478. The predicted molar refractivity (Wildman–Crippen MR) is 80.3 cm³/mol. The highest BCUT2D eigenvalue weighted by molar-refractivity contribution is 6.33. The molecule has 20 heavy (non-hydrogen) atoms. The summed E-state index contributed by atoms with van der Waals surface area (Å²) >= 11 is 6.08. The Morgan fingerprint density at radius 3 is 2.55 bits per heavy atom. The van der Waals surface area contributed by atoms with Gasteiger partial charge < -0.3 is 15.8 Å². The first kappa shape index (κ1) is 14.2. The molecule has 1 amide bonds. The molecule has 4 nitrogen and oxygen atoms in total. The van der Waals surface area contributed by atoms with Gasteiger partial charge in [-0.2, -0.15) is 0 Å². The summed E-state index contributed by atoms with van der Waals surface area (Å²) in [6.45, 7) is 0.589. The van der Waals surface area contributed by atoms with Gasteiger partial charge in [0.25, 0.3) is 0 Å². The molecule has 0 aliphatic carbocycles. The maximum Gasteiger partial charge on any atom is 0.248 e. The fourth-order valence-corrected chi connectivity index (χ4v) is 1.94. The molecule has 0 saturated carbocycles. The third-order valence-corrected chi connectivity index (χ3v) is 3.22. The standard InChI is InChI=1S/C15H15ClN2O2/c1-20-12-5-2-10(3-6-12)9-18-14-8-11(15(17)19)4-7-13(14)16/h2-8,18H,9H2,1H3,(H2,17,19). The Kier molecular flexibility index (Phi) is 4.48. The average Bonchev–Trinajstić information content (AvgIpc) is 2.46. The highest BCUT2D eigenvalue weighted by Crippen LogP contribution is 2.23. The molecule has 104 valence electrons. The molecule has 0 bridgehead atoms. The summed E-state index contributed by atoms with van der Waals surface area (Å²) in [6.07, 6.45) is 0. The number of amides is 1. The van der Waals surface area contributed by atoms with Crippen LogP contribution in [0.1, 0.15) is 15.9 Å². The van der Waals surface area contributed by atoms with Crippen LogP contribution in [0.3, 0.4) is 0 Å². The number of hydrogen-bond acceptors (Lipinski definition) is 3. The predicted octanol–water partition coefficient (Wildman–Crippen LogP) is 3.06. The molecule has 0 atom stereocenters. The Morgan fingerprint density at radius 2 is 1.95 bits per heavy atom. The summed E-state index contributed by atoms with van der Waals surface area (Å²) in [5.74, 6) is 0.330. The quantitative estimate of drug-likeness (QED) is 0.889. The number of primary amides is 1. The second-order valence-electron chi connectivity index (χ2n) is 4.26. The Balaban J connectivity index is 2.09. The lowest BCUT2D eigenvalue weighted by molar-refractivity contribution is 0.100. The van der Waals surface area contributed by atoms with Gasteiger partial charge in [-0.05, 0) is 35.9 Å². The van der Waals surface area contributed by atoms with Gasteiger partial charge in [-0.1, -0.05) is 23.7 Å². The van der Waals surface area contributed by atoms with Crippen molar-refractivity contribution >= 4 is 23.2 Å². The molecular formula is C15H15ClN2O2. The molecule has 0 aliphatic rings. The summed E-state index contributed by atoms with van der Waals surface area (Å²) < 4.78 is 5.10. The molecule has 5 heteroatoms. The minimum absolute atomic E-state index is 0.423. The number of carbonyl (C=O) groups is 1. The van der Waals surface area contributed by atoms with Crippen LogP contribution < -0.4 is 15.8 Å². The minimum Gasteiger partial charge on any atom is -0.497 e. The second-order valence-corrected chi connectivity index (χ2v) is 4.67. The maximum absolute atomic E-state index is 11.1. The maximum atomic E-state index is 11.1. The average molecular weight is 291 g/mol. The van der Waals surface area contributed by atoms with Gasteiger partial charge in [0.1, 0.15) is 5.75 Å². The zero-order chi connectivity index (χ0) is 14.5. The zero-order valence-electron chi connectivity index (χ0n) is 11.0. The number of nitrogens with two attached hydrogens (primary N) is 1. The van der Waals surface area contributed by atoms with Crippen LogP contribution in [0.25, 0.3) is 0 Å². The molecule has 0 aromatic heterocycles. The molecule has 0 radical (unpaired) electrons.